The number of nitrogens with zero attached hydrogens (tertiary/aromatic N) is 1. The molecule has 6 heteroatoms. The maximum absolute atomic E-state index is 12.6. The molecule has 1 aromatic heterocycles. The summed E-state index contributed by atoms with van der Waals surface area (Å²) in [6.45, 7) is 1.22. The van der Waals surface area contributed by atoms with E-state index in [1.54, 1.807) is 10.6 Å². The molecule has 0 aliphatic carbocycles. The van der Waals surface area contributed by atoms with Crippen molar-refractivity contribution in [2.45, 2.75) is 38.6 Å². The maximum Gasteiger partial charge on any atom is 0.262 e. The normalized spacial score (nSPS) is 10.9. The lowest BCUT2D eigenvalue weighted by atomic mass is 10.1. The van der Waals surface area contributed by atoms with Crippen molar-refractivity contribution in [3.8, 4) is 0 Å². The minimum Gasteiger partial charge on any atom is -0.356 e. The zero-order valence-corrected chi connectivity index (χ0v) is 16.6. The van der Waals surface area contributed by atoms with E-state index in [0.717, 1.165) is 31.2 Å². The van der Waals surface area contributed by atoms with Gasteiger partial charge in [-0.3, -0.25) is 14.2 Å². The molecular formula is C22H25N3O2S. The molecule has 3 rings (SSSR count). The van der Waals surface area contributed by atoms with E-state index >= 15 is 0 Å². The summed E-state index contributed by atoms with van der Waals surface area (Å²) in [5, 5.41) is 3.61. The van der Waals surface area contributed by atoms with E-state index < -0.39 is 0 Å². The van der Waals surface area contributed by atoms with E-state index in [4.69, 9.17) is 12.2 Å². The zero-order chi connectivity index (χ0) is 19.8. The monoisotopic (exact) mass is 395 g/mol. The van der Waals surface area contributed by atoms with Crippen LogP contribution in [0.3, 0.4) is 0 Å². The van der Waals surface area contributed by atoms with Crippen LogP contribution in [-0.2, 0) is 17.8 Å². The van der Waals surface area contributed by atoms with E-state index in [1.165, 1.54) is 5.56 Å². The molecule has 0 aliphatic rings. The van der Waals surface area contributed by atoms with Crippen molar-refractivity contribution in [3.63, 3.8) is 0 Å². The average Bonchev–Trinajstić information content (AvgIpc) is 2.71. The third kappa shape index (κ3) is 5.39. The first-order valence-corrected chi connectivity index (χ1v) is 10.1. The van der Waals surface area contributed by atoms with Gasteiger partial charge in [0, 0.05) is 19.5 Å². The minimum atomic E-state index is -0.0574. The van der Waals surface area contributed by atoms with Gasteiger partial charge >= 0.3 is 0 Å². The van der Waals surface area contributed by atoms with E-state index in [0.29, 0.717) is 29.7 Å². The second-order valence-corrected chi connectivity index (χ2v) is 7.22. The molecule has 3 aromatic rings. The molecule has 2 N–H and O–H groups in total. The van der Waals surface area contributed by atoms with Crippen LogP contribution in [0.1, 0.15) is 31.2 Å². The van der Waals surface area contributed by atoms with Gasteiger partial charge in [0.15, 0.2) is 4.77 Å². The number of unbranched alkanes of at least 4 members (excludes halogenated alkanes) is 2. The van der Waals surface area contributed by atoms with Crippen LogP contribution in [0.4, 0.5) is 0 Å². The molecule has 0 spiro atoms. The number of H-pyrrole nitrogens is 1. The van der Waals surface area contributed by atoms with Crippen LogP contribution in [0.25, 0.3) is 10.9 Å². The van der Waals surface area contributed by atoms with Crippen LogP contribution in [-0.4, -0.2) is 22.0 Å². The standard InChI is InChI=1S/C22H25N3O2S/c26-20(23-15-14-17-9-3-1-4-10-17)13-5-2-8-16-25-21(27)18-11-6-7-12-19(18)24-22(25)28/h1,3-4,6-7,9-12H,2,5,8,13-16H2,(H,23,26)(H,24,28). The first kappa shape index (κ1) is 20.0. The quantitative estimate of drug-likeness (QED) is 0.425. The van der Waals surface area contributed by atoms with Gasteiger partial charge in [0.2, 0.25) is 5.91 Å². The van der Waals surface area contributed by atoms with E-state index in [2.05, 4.69) is 22.4 Å². The Bertz CT molecular complexity index is 1040. The van der Waals surface area contributed by atoms with Crippen LogP contribution >= 0.6 is 12.2 Å². The topological polar surface area (TPSA) is 66.9 Å². The highest BCUT2D eigenvalue weighted by atomic mass is 32.1. The molecule has 0 bridgehead atoms. The van der Waals surface area contributed by atoms with Gasteiger partial charge in [-0.15, -0.1) is 0 Å². The molecule has 0 atom stereocenters. The van der Waals surface area contributed by atoms with Crippen molar-refractivity contribution < 1.29 is 4.79 Å². The lowest BCUT2D eigenvalue weighted by molar-refractivity contribution is -0.121. The van der Waals surface area contributed by atoms with Crippen LogP contribution in [0, 0.1) is 4.77 Å². The Hall–Kier alpha value is -2.73. The number of para-hydroxylation sites is 1. The average molecular weight is 396 g/mol. The largest absolute Gasteiger partial charge is 0.356 e. The SMILES string of the molecule is O=C(CCCCCn1c(=S)[nH]c2ccccc2c1=O)NCCc1ccccc1. The Labute approximate surface area is 169 Å². The summed E-state index contributed by atoms with van der Waals surface area (Å²) in [6, 6.07) is 17.5. The van der Waals surface area contributed by atoms with Gasteiger partial charge in [0.25, 0.3) is 5.56 Å². The van der Waals surface area contributed by atoms with E-state index in [1.807, 2.05) is 36.4 Å². The lowest BCUT2D eigenvalue weighted by Crippen LogP contribution is -2.25. The van der Waals surface area contributed by atoms with Gasteiger partial charge in [-0.1, -0.05) is 48.9 Å². The molecule has 1 amide bonds. The summed E-state index contributed by atoms with van der Waals surface area (Å²) in [6.07, 6.45) is 3.84. The summed E-state index contributed by atoms with van der Waals surface area (Å²) in [7, 11) is 0. The van der Waals surface area contributed by atoms with Crippen molar-refractivity contribution >= 4 is 29.0 Å². The molecule has 1 heterocycles. The number of benzene rings is 2. The highest BCUT2D eigenvalue weighted by Crippen LogP contribution is 2.07. The fourth-order valence-electron chi connectivity index (χ4n) is 3.21. The molecule has 28 heavy (non-hydrogen) atoms. The number of aromatic amines is 1. The summed E-state index contributed by atoms with van der Waals surface area (Å²) < 4.78 is 2.06. The van der Waals surface area contributed by atoms with Crippen molar-refractivity contribution in [2.24, 2.45) is 0 Å². The van der Waals surface area contributed by atoms with E-state index in [9.17, 15) is 9.59 Å². The number of fused-ring (bicyclic) bond motifs is 1. The second kappa shape index (κ2) is 9.99. The summed E-state index contributed by atoms with van der Waals surface area (Å²) in [5.41, 5.74) is 1.93. The minimum absolute atomic E-state index is 0.0574. The van der Waals surface area contributed by atoms with Crippen molar-refractivity contribution in [1.82, 2.24) is 14.9 Å². The smallest absolute Gasteiger partial charge is 0.262 e. The Morgan fingerprint density at radius 1 is 1.00 bits per heavy atom. The Balaban J connectivity index is 1.39. The number of hydrogen-bond acceptors (Lipinski definition) is 3. The first-order valence-electron chi connectivity index (χ1n) is 9.67. The number of aromatic nitrogens is 2. The van der Waals surface area contributed by atoms with Crippen LogP contribution < -0.4 is 10.9 Å². The predicted molar refractivity (Wildman–Crippen MR) is 115 cm³/mol. The Morgan fingerprint density at radius 2 is 1.75 bits per heavy atom. The van der Waals surface area contributed by atoms with Crippen LogP contribution in [0.15, 0.2) is 59.4 Å². The number of carbonyl (C=O) groups is 1. The number of nitrogens with one attached hydrogen (secondary N) is 2. The van der Waals surface area contributed by atoms with Crippen molar-refractivity contribution in [2.75, 3.05) is 6.54 Å². The highest BCUT2D eigenvalue weighted by Gasteiger charge is 2.05. The second-order valence-electron chi connectivity index (χ2n) is 6.83. The maximum atomic E-state index is 12.6. The third-order valence-corrected chi connectivity index (χ3v) is 5.08. The predicted octanol–water partition coefficient (Wildman–Crippen LogP) is 3.98. The van der Waals surface area contributed by atoms with Gasteiger partial charge in [0.05, 0.1) is 10.9 Å². The number of carbonyl (C=O) groups excluding carboxylic acids is 1. The molecule has 0 unspecified atom stereocenters. The summed E-state index contributed by atoms with van der Waals surface area (Å²) >= 11 is 5.32. The molecule has 0 saturated heterocycles. The first-order chi connectivity index (χ1) is 13.6. The van der Waals surface area contributed by atoms with Gasteiger partial charge < -0.3 is 10.3 Å². The van der Waals surface area contributed by atoms with Crippen molar-refractivity contribution in [3.05, 3.63) is 75.3 Å². The number of amides is 1. The zero-order valence-electron chi connectivity index (χ0n) is 15.8. The molecule has 5 nitrogen and oxygen atoms in total. The molecule has 0 radical (unpaired) electrons. The molecule has 2 aromatic carbocycles. The molecule has 0 aliphatic heterocycles. The van der Waals surface area contributed by atoms with E-state index in [-0.39, 0.29) is 11.5 Å². The fourth-order valence-corrected chi connectivity index (χ4v) is 3.50. The van der Waals surface area contributed by atoms with Gasteiger partial charge in [-0.05, 0) is 49.2 Å². The fraction of sp³-hybridized carbons (Fsp3) is 0.318. The highest BCUT2D eigenvalue weighted by molar-refractivity contribution is 7.71. The molecular weight excluding hydrogens is 370 g/mol. The lowest BCUT2D eigenvalue weighted by Gasteiger charge is -2.08. The number of hydrogen-bond donors (Lipinski definition) is 2. The van der Waals surface area contributed by atoms with Crippen molar-refractivity contribution in [1.29, 1.82) is 0 Å². The molecule has 146 valence electrons. The van der Waals surface area contributed by atoms with Crippen LogP contribution in [0.5, 0.6) is 0 Å². The summed E-state index contributed by atoms with van der Waals surface area (Å²) in [4.78, 5) is 27.6. The summed E-state index contributed by atoms with van der Waals surface area (Å²) in [5.74, 6) is 0.0797. The molecule has 0 saturated carbocycles. The van der Waals surface area contributed by atoms with Gasteiger partial charge in [-0.25, -0.2) is 0 Å². The Morgan fingerprint density at radius 3 is 2.57 bits per heavy atom. The van der Waals surface area contributed by atoms with Gasteiger partial charge in [0.1, 0.15) is 0 Å². The number of rotatable bonds is 9. The third-order valence-electron chi connectivity index (χ3n) is 4.75. The molecule has 0 fully saturated rings. The van der Waals surface area contributed by atoms with Crippen LogP contribution in [0.2, 0.25) is 0 Å². The Kier molecular flexibility index (Phi) is 7.14. The van der Waals surface area contributed by atoms with Gasteiger partial charge in [-0.2, -0.15) is 0 Å².